The number of halogens is 2. The van der Waals surface area contributed by atoms with E-state index in [0.717, 1.165) is 18.2 Å². The van der Waals surface area contributed by atoms with Crippen LogP contribution in [0.4, 0.5) is 18.4 Å². The molecule has 1 heterocycles. The number of ketones is 1. The van der Waals surface area contributed by atoms with Crippen molar-refractivity contribution in [2.45, 2.75) is 12.1 Å². The molecule has 2 unspecified atom stereocenters. The average Bonchev–Trinajstić information content (AvgIpc) is 2.95. The Morgan fingerprint density at radius 3 is 2.32 bits per heavy atom. The first kappa shape index (κ1) is 16.6. The number of carbonyl (C=O) groups is 3. The Labute approximate surface area is 140 Å². The molecule has 2 atom stereocenters. The molecule has 1 fully saturated rings. The summed E-state index contributed by atoms with van der Waals surface area (Å²) in [5.41, 5.74) is 0.126. The first-order valence-electron chi connectivity index (χ1n) is 7.17. The predicted molar refractivity (Wildman–Crippen MR) is 80.0 cm³/mol. The van der Waals surface area contributed by atoms with Crippen molar-refractivity contribution in [3.8, 4) is 0 Å². The zero-order valence-corrected chi connectivity index (χ0v) is 12.6. The number of imide groups is 1. The third kappa shape index (κ3) is 2.93. The maximum Gasteiger partial charge on any atom is 0.420 e. The van der Waals surface area contributed by atoms with Crippen molar-refractivity contribution in [2.24, 2.45) is 0 Å². The number of Topliss-reactive ketones (excluding diaryl/α,β-unsaturated/α-hetero) is 1. The highest BCUT2D eigenvalue weighted by Crippen LogP contribution is 2.35. The van der Waals surface area contributed by atoms with Crippen LogP contribution in [-0.2, 0) is 4.74 Å². The van der Waals surface area contributed by atoms with E-state index in [1.165, 1.54) is 12.1 Å². The summed E-state index contributed by atoms with van der Waals surface area (Å²) < 4.78 is 31.7. The summed E-state index contributed by atoms with van der Waals surface area (Å²) >= 11 is 0. The first-order chi connectivity index (χ1) is 11.9. The summed E-state index contributed by atoms with van der Waals surface area (Å²) in [6, 6.07) is 9.01. The van der Waals surface area contributed by atoms with Gasteiger partial charge in [-0.15, -0.1) is 0 Å². The molecule has 1 saturated heterocycles. The summed E-state index contributed by atoms with van der Waals surface area (Å²) in [7, 11) is 0. The van der Waals surface area contributed by atoms with Crippen LogP contribution in [0.3, 0.4) is 0 Å². The summed E-state index contributed by atoms with van der Waals surface area (Å²) in [6.07, 6.45) is -4.42. The Morgan fingerprint density at radius 1 is 1.04 bits per heavy atom. The van der Waals surface area contributed by atoms with Crippen LogP contribution in [0, 0.1) is 11.6 Å². The van der Waals surface area contributed by atoms with Crippen molar-refractivity contribution >= 4 is 18.0 Å². The molecule has 128 valence electrons. The summed E-state index contributed by atoms with van der Waals surface area (Å²) in [5, 5.41) is 9.26. The summed E-state index contributed by atoms with van der Waals surface area (Å²) in [6.45, 7) is 0. The molecular formula is C17H11F2NO5. The maximum absolute atomic E-state index is 13.6. The largest absolute Gasteiger partial charge is 0.464 e. The van der Waals surface area contributed by atoms with Crippen molar-refractivity contribution in [1.29, 1.82) is 0 Å². The van der Waals surface area contributed by atoms with Gasteiger partial charge < -0.3 is 9.84 Å². The second-order valence-corrected chi connectivity index (χ2v) is 5.31. The predicted octanol–water partition coefficient (Wildman–Crippen LogP) is 3.39. The van der Waals surface area contributed by atoms with Crippen LogP contribution in [-0.4, -0.2) is 34.1 Å². The van der Waals surface area contributed by atoms with Crippen LogP contribution in [0.15, 0.2) is 48.5 Å². The van der Waals surface area contributed by atoms with Crippen LogP contribution in [0.25, 0.3) is 0 Å². The lowest BCUT2D eigenvalue weighted by atomic mass is 9.94. The van der Waals surface area contributed by atoms with Crippen LogP contribution in [0.1, 0.15) is 22.0 Å². The lowest BCUT2D eigenvalue weighted by molar-refractivity contribution is 0.0720. The molecule has 1 aliphatic rings. The van der Waals surface area contributed by atoms with Gasteiger partial charge in [0.25, 0.3) is 0 Å². The van der Waals surface area contributed by atoms with Gasteiger partial charge in [-0.1, -0.05) is 36.4 Å². The molecule has 1 aliphatic heterocycles. The first-order valence-corrected chi connectivity index (χ1v) is 7.17. The normalized spacial score (nSPS) is 19.6. The average molecular weight is 347 g/mol. The number of benzene rings is 2. The number of hydrogen-bond acceptors (Lipinski definition) is 4. The Kier molecular flexibility index (Phi) is 4.18. The Balaban J connectivity index is 2.07. The Morgan fingerprint density at radius 2 is 1.72 bits per heavy atom. The third-order valence-electron chi connectivity index (χ3n) is 3.80. The van der Waals surface area contributed by atoms with Gasteiger partial charge in [0.2, 0.25) is 5.78 Å². The van der Waals surface area contributed by atoms with E-state index in [1.807, 2.05) is 0 Å². The van der Waals surface area contributed by atoms with Crippen LogP contribution in [0.5, 0.6) is 0 Å². The van der Waals surface area contributed by atoms with Crippen LogP contribution < -0.4 is 0 Å². The highest BCUT2D eigenvalue weighted by Gasteiger charge is 2.50. The topological polar surface area (TPSA) is 83.9 Å². The molecule has 0 aromatic heterocycles. The minimum Gasteiger partial charge on any atom is -0.464 e. The quantitative estimate of drug-likeness (QED) is 0.861. The fourth-order valence-electron chi connectivity index (χ4n) is 2.66. The van der Waals surface area contributed by atoms with E-state index >= 15 is 0 Å². The maximum atomic E-state index is 13.6. The van der Waals surface area contributed by atoms with E-state index in [2.05, 4.69) is 0 Å². The summed E-state index contributed by atoms with van der Waals surface area (Å²) in [4.78, 5) is 36.2. The van der Waals surface area contributed by atoms with Gasteiger partial charge in [-0.25, -0.2) is 23.3 Å². The standard InChI is InChI=1S/C17H11F2NO5/c18-11-7-6-10(8-12(11)19)13-15(25-17(24)20(13)16(22)23)14(21)9-4-2-1-3-5-9/h1-8,13,15H,(H,22,23). The van der Waals surface area contributed by atoms with E-state index in [-0.39, 0.29) is 16.0 Å². The minimum atomic E-state index is -1.66. The van der Waals surface area contributed by atoms with Gasteiger partial charge in [-0.05, 0) is 17.7 Å². The van der Waals surface area contributed by atoms with Gasteiger partial charge in [0.05, 0.1) is 0 Å². The minimum absolute atomic E-state index is 0.0681. The number of hydrogen-bond donors (Lipinski definition) is 1. The molecule has 0 spiro atoms. The number of carbonyl (C=O) groups excluding carboxylic acids is 2. The van der Waals surface area contributed by atoms with Crippen molar-refractivity contribution in [3.63, 3.8) is 0 Å². The fraction of sp³-hybridized carbons (Fsp3) is 0.118. The van der Waals surface area contributed by atoms with Crippen LogP contribution in [0.2, 0.25) is 0 Å². The number of nitrogens with zero attached hydrogens (tertiary/aromatic N) is 1. The van der Waals surface area contributed by atoms with E-state index < -0.39 is 41.7 Å². The molecule has 1 N–H and O–H groups in total. The smallest absolute Gasteiger partial charge is 0.420 e. The summed E-state index contributed by atoms with van der Waals surface area (Å²) in [5.74, 6) is -3.01. The lowest BCUT2D eigenvalue weighted by Gasteiger charge is -2.21. The molecule has 25 heavy (non-hydrogen) atoms. The van der Waals surface area contributed by atoms with Crippen LogP contribution >= 0.6 is 0 Å². The molecule has 2 aromatic carbocycles. The Bertz CT molecular complexity index is 855. The van der Waals surface area contributed by atoms with Gasteiger partial charge in [-0.3, -0.25) is 4.79 Å². The number of carboxylic acid groups (broad SMARTS) is 1. The molecule has 0 bridgehead atoms. The van der Waals surface area contributed by atoms with Gasteiger partial charge in [0, 0.05) is 5.56 Å². The second kappa shape index (κ2) is 6.31. The monoisotopic (exact) mass is 347 g/mol. The SMILES string of the molecule is O=C(c1ccccc1)C1OC(=O)N(C(=O)O)C1c1ccc(F)c(F)c1. The second-order valence-electron chi connectivity index (χ2n) is 5.31. The fourth-order valence-corrected chi connectivity index (χ4v) is 2.66. The third-order valence-corrected chi connectivity index (χ3v) is 3.80. The van der Waals surface area contributed by atoms with Crippen molar-refractivity contribution in [3.05, 3.63) is 71.3 Å². The van der Waals surface area contributed by atoms with E-state index in [9.17, 15) is 28.3 Å². The molecule has 2 aromatic rings. The molecular weight excluding hydrogens is 336 g/mol. The Hall–Kier alpha value is -3.29. The molecule has 2 amide bonds. The van der Waals surface area contributed by atoms with Crippen molar-refractivity contribution in [2.75, 3.05) is 0 Å². The van der Waals surface area contributed by atoms with E-state index in [0.29, 0.717) is 0 Å². The van der Waals surface area contributed by atoms with Gasteiger partial charge in [0.1, 0.15) is 6.04 Å². The molecule has 0 radical (unpaired) electrons. The zero-order chi connectivity index (χ0) is 18.1. The number of rotatable bonds is 3. The van der Waals surface area contributed by atoms with Gasteiger partial charge in [0.15, 0.2) is 17.7 Å². The zero-order valence-electron chi connectivity index (χ0n) is 12.6. The van der Waals surface area contributed by atoms with E-state index in [1.54, 1.807) is 18.2 Å². The highest BCUT2D eigenvalue weighted by atomic mass is 19.2. The lowest BCUT2D eigenvalue weighted by Crippen LogP contribution is -2.36. The molecule has 0 aliphatic carbocycles. The molecule has 3 rings (SSSR count). The number of ether oxygens (including phenoxy) is 1. The van der Waals surface area contributed by atoms with Crippen molar-refractivity contribution < 1.29 is 33.0 Å². The molecule has 8 heteroatoms. The number of cyclic esters (lactones) is 1. The highest BCUT2D eigenvalue weighted by molar-refractivity contribution is 6.03. The molecule has 0 saturated carbocycles. The van der Waals surface area contributed by atoms with Crippen molar-refractivity contribution in [1.82, 2.24) is 4.90 Å². The molecule has 6 nitrogen and oxygen atoms in total. The van der Waals surface area contributed by atoms with Gasteiger partial charge in [-0.2, -0.15) is 0 Å². The van der Waals surface area contributed by atoms with Gasteiger partial charge >= 0.3 is 12.2 Å². The van der Waals surface area contributed by atoms with E-state index in [4.69, 9.17) is 4.74 Å². The number of amides is 2.